The number of aliphatic hydroxyl groups is 4. The number of hydrogen-bond acceptors (Lipinski definition) is 5. The zero-order valence-corrected chi connectivity index (χ0v) is 5.47. The summed E-state index contributed by atoms with van der Waals surface area (Å²) >= 11 is 0. The Bertz CT molecular complexity index is 251. The molecule has 0 aromatic rings. The van der Waals surface area contributed by atoms with Gasteiger partial charge in [0.05, 0.1) is 0 Å². The highest BCUT2D eigenvalue weighted by atomic mass is 16.5. The molecule has 0 amide bonds. The number of rotatable bonds is 0. The molecule has 11 heavy (non-hydrogen) atoms. The summed E-state index contributed by atoms with van der Waals surface area (Å²) in [4.78, 5) is 3.25. The summed E-state index contributed by atoms with van der Waals surface area (Å²) in [7, 11) is 0. The first kappa shape index (κ1) is 7.77. The fourth-order valence-electron chi connectivity index (χ4n) is 0.595. The molecule has 5 heteroatoms. The van der Waals surface area contributed by atoms with E-state index < -0.39 is 17.4 Å². The molecule has 0 aromatic carbocycles. The average molecular weight is 157 g/mol. The predicted octanol–water partition coefficient (Wildman–Crippen LogP) is -0.407. The van der Waals surface area contributed by atoms with Crippen LogP contribution in [0.4, 0.5) is 0 Å². The molecule has 0 aromatic heterocycles. The van der Waals surface area contributed by atoms with Gasteiger partial charge in [-0.25, -0.2) is 4.99 Å². The van der Waals surface area contributed by atoms with Gasteiger partial charge in [0, 0.05) is 6.21 Å². The van der Waals surface area contributed by atoms with E-state index in [0.29, 0.717) is 0 Å². The molecule has 0 saturated carbocycles. The van der Waals surface area contributed by atoms with Gasteiger partial charge in [0.25, 0.3) is 5.88 Å². The van der Waals surface area contributed by atoms with E-state index >= 15 is 0 Å². The predicted molar refractivity (Wildman–Crippen MR) is 37.1 cm³/mol. The number of allylic oxidation sites excluding steroid dienone is 1. The highest BCUT2D eigenvalue weighted by Crippen LogP contribution is 2.17. The molecule has 1 aliphatic rings. The van der Waals surface area contributed by atoms with Crippen LogP contribution in [0.25, 0.3) is 0 Å². The van der Waals surface area contributed by atoms with Crippen LogP contribution in [0.2, 0.25) is 0 Å². The van der Waals surface area contributed by atoms with Crippen LogP contribution in [0, 0.1) is 0 Å². The first-order chi connectivity index (χ1) is 5.04. The average Bonchev–Trinajstić information content (AvgIpc) is 2.03. The summed E-state index contributed by atoms with van der Waals surface area (Å²) in [6.07, 6.45) is 3.20. The fraction of sp³-hybridized carbons (Fsp3) is 0.167. The van der Waals surface area contributed by atoms with Crippen molar-refractivity contribution in [2.75, 3.05) is 0 Å². The van der Waals surface area contributed by atoms with Gasteiger partial charge in [-0.2, -0.15) is 0 Å². The van der Waals surface area contributed by atoms with Crippen molar-refractivity contribution in [1.29, 1.82) is 0 Å². The van der Waals surface area contributed by atoms with Gasteiger partial charge in [-0.15, -0.1) is 0 Å². The van der Waals surface area contributed by atoms with E-state index in [1.54, 1.807) is 0 Å². The topological polar surface area (TPSA) is 93.3 Å². The van der Waals surface area contributed by atoms with Crippen LogP contribution in [0.5, 0.6) is 0 Å². The van der Waals surface area contributed by atoms with Crippen molar-refractivity contribution in [3.63, 3.8) is 0 Å². The van der Waals surface area contributed by atoms with Gasteiger partial charge in [-0.3, -0.25) is 0 Å². The third-order valence-electron chi connectivity index (χ3n) is 1.17. The van der Waals surface area contributed by atoms with Crippen LogP contribution >= 0.6 is 0 Å². The van der Waals surface area contributed by atoms with E-state index in [9.17, 15) is 0 Å². The standard InChI is InChI=1S/C6H7NO4/c8-4-5(9)7-3-1-2-6(4,10)11/h1-3,8-11H. The minimum atomic E-state index is -2.53. The van der Waals surface area contributed by atoms with Crippen molar-refractivity contribution in [2.45, 2.75) is 5.79 Å². The molecule has 4 N–H and O–H groups in total. The molecule has 0 saturated heterocycles. The molecule has 0 bridgehead atoms. The van der Waals surface area contributed by atoms with E-state index in [0.717, 1.165) is 12.3 Å². The molecule has 0 fully saturated rings. The molecule has 0 atom stereocenters. The highest BCUT2D eigenvalue weighted by molar-refractivity contribution is 5.73. The Balaban J connectivity index is 3.13. The molecule has 0 radical (unpaired) electrons. The Morgan fingerprint density at radius 3 is 2.55 bits per heavy atom. The Hall–Kier alpha value is -1.33. The van der Waals surface area contributed by atoms with E-state index in [1.165, 1.54) is 6.08 Å². The first-order valence-electron chi connectivity index (χ1n) is 2.83. The smallest absolute Gasteiger partial charge is 0.256 e. The Morgan fingerprint density at radius 2 is 1.91 bits per heavy atom. The number of aliphatic imine (C=N–C) groups is 1. The lowest BCUT2D eigenvalue weighted by Crippen LogP contribution is -2.28. The maximum atomic E-state index is 8.91. The summed E-state index contributed by atoms with van der Waals surface area (Å²) in [5.74, 6) is -4.32. The number of nitrogens with zero attached hydrogens (tertiary/aromatic N) is 1. The molecule has 1 aliphatic heterocycles. The van der Waals surface area contributed by atoms with Crippen LogP contribution in [0.3, 0.4) is 0 Å². The normalized spacial score (nSPS) is 22.0. The van der Waals surface area contributed by atoms with E-state index in [-0.39, 0.29) is 0 Å². The second-order valence-electron chi connectivity index (χ2n) is 2.04. The molecule has 0 unspecified atom stereocenters. The van der Waals surface area contributed by atoms with Crippen LogP contribution in [-0.2, 0) is 0 Å². The third-order valence-corrected chi connectivity index (χ3v) is 1.17. The van der Waals surface area contributed by atoms with Gasteiger partial charge in [0.15, 0.2) is 0 Å². The summed E-state index contributed by atoms with van der Waals surface area (Å²) < 4.78 is 0. The Morgan fingerprint density at radius 1 is 1.27 bits per heavy atom. The van der Waals surface area contributed by atoms with Crippen molar-refractivity contribution in [2.24, 2.45) is 4.99 Å². The lowest BCUT2D eigenvalue weighted by Gasteiger charge is -2.14. The highest BCUT2D eigenvalue weighted by Gasteiger charge is 2.29. The molecular formula is C6H7NO4. The number of aliphatic hydroxyl groups excluding tert-OH is 2. The minimum Gasteiger partial charge on any atom is -0.503 e. The van der Waals surface area contributed by atoms with Gasteiger partial charge >= 0.3 is 0 Å². The lowest BCUT2D eigenvalue weighted by atomic mass is 10.2. The molecular weight excluding hydrogens is 150 g/mol. The fourth-order valence-corrected chi connectivity index (χ4v) is 0.595. The quantitative estimate of drug-likeness (QED) is 0.360. The van der Waals surface area contributed by atoms with Crippen molar-refractivity contribution in [3.8, 4) is 0 Å². The summed E-state index contributed by atoms with van der Waals surface area (Å²) in [6.45, 7) is 0. The van der Waals surface area contributed by atoms with Crippen molar-refractivity contribution in [1.82, 2.24) is 0 Å². The molecule has 60 valence electrons. The van der Waals surface area contributed by atoms with Crippen LogP contribution in [0.15, 0.2) is 28.8 Å². The lowest BCUT2D eigenvalue weighted by molar-refractivity contribution is -0.114. The maximum absolute atomic E-state index is 8.91. The summed E-state index contributed by atoms with van der Waals surface area (Å²) in [6, 6.07) is 0. The number of hydrogen-bond donors (Lipinski definition) is 4. The molecule has 5 nitrogen and oxygen atoms in total. The van der Waals surface area contributed by atoms with E-state index in [1.807, 2.05) is 0 Å². The SMILES string of the molecule is OC1=C(O)C(O)(O)C=CC=N1. The summed E-state index contributed by atoms with van der Waals surface area (Å²) in [5.41, 5.74) is 0. The van der Waals surface area contributed by atoms with Gasteiger partial charge in [0.2, 0.25) is 11.5 Å². The molecule has 0 aliphatic carbocycles. The van der Waals surface area contributed by atoms with E-state index in [4.69, 9.17) is 20.4 Å². The van der Waals surface area contributed by atoms with E-state index in [2.05, 4.69) is 4.99 Å². The Kier molecular flexibility index (Phi) is 1.67. The van der Waals surface area contributed by atoms with Crippen molar-refractivity contribution in [3.05, 3.63) is 23.8 Å². The largest absolute Gasteiger partial charge is 0.503 e. The van der Waals surface area contributed by atoms with Gasteiger partial charge < -0.3 is 20.4 Å². The first-order valence-corrected chi connectivity index (χ1v) is 2.83. The van der Waals surface area contributed by atoms with Crippen LogP contribution in [-0.4, -0.2) is 32.4 Å². The third kappa shape index (κ3) is 1.39. The van der Waals surface area contributed by atoms with Crippen LogP contribution in [0.1, 0.15) is 0 Å². The monoisotopic (exact) mass is 157 g/mol. The van der Waals surface area contributed by atoms with Crippen molar-refractivity contribution < 1.29 is 20.4 Å². The zero-order valence-electron chi connectivity index (χ0n) is 5.47. The molecule has 1 heterocycles. The zero-order chi connectivity index (χ0) is 8.48. The van der Waals surface area contributed by atoms with Gasteiger partial charge in [-0.1, -0.05) is 0 Å². The van der Waals surface area contributed by atoms with Crippen LogP contribution < -0.4 is 0 Å². The summed E-state index contributed by atoms with van der Waals surface area (Å²) in [5, 5.41) is 35.4. The maximum Gasteiger partial charge on any atom is 0.256 e. The Labute approximate surface area is 62.3 Å². The van der Waals surface area contributed by atoms with Gasteiger partial charge in [0.1, 0.15) is 0 Å². The second kappa shape index (κ2) is 2.37. The minimum absolute atomic E-state index is 0.806. The van der Waals surface area contributed by atoms with Gasteiger partial charge in [-0.05, 0) is 12.2 Å². The second-order valence-corrected chi connectivity index (χ2v) is 2.04. The molecule has 0 spiro atoms. The van der Waals surface area contributed by atoms with Crippen molar-refractivity contribution >= 4 is 6.21 Å². The molecule has 1 rings (SSSR count).